The van der Waals surface area contributed by atoms with E-state index in [4.69, 9.17) is 9.47 Å². The molecule has 0 aliphatic rings. The van der Waals surface area contributed by atoms with Gasteiger partial charge >= 0.3 is 11.9 Å². The van der Waals surface area contributed by atoms with E-state index >= 15 is 0 Å². The summed E-state index contributed by atoms with van der Waals surface area (Å²) in [5.41, 5.74) is 0. The molecule has 30 heavy (non-hydrogen) atoms. The van der Waals surface area contributed by atoms with Crippen LogP contribution in [0.1, 0.15) is 104 Å². The highest BCUT2D eigenvalue weighted by molar-refractivity contribution is 5.72. The summed E-state index contributed by atoms with van der Waals surface area (Å²) in [5, 5.41) is 0. The average Bonchev–Trinajstić information content (AvgIpc) is 2.62. The van der Waals surface area contributed by atoms with Crippen molar-refractivity contribution in [1.29, 1.82) is 0 Å². The summed E-state index contributed by atoms with van der Waals surface area (Å²) >= 11 is 0. The van der Waals surface area contributed by atoms with Gasteiger partial charge in [-0.3, -0.25) is 9.59 Å². The van der Waals surface area contributed by atoms with Crippen molar-refractivity contribution in [3.8, 4) is 0 Å². The van der Waals surface area contributed by atoms with Gasteiger partial charge in [0.15, 0.2) is 6.10 Å². The summed E-state index contributed by atoms with van der Waals surface area (Å²) in [5.74, 6) is -0.458. The maximum Gasteiger partial charge on any atom is 0.309 e. The topological polar surface area (TPSA) is 52.6 Å². The number of esters is 2. The lowest BCUT2D eigenvalue weighted by molar-refractivity contribution is -0.873. The van der Waals surface area contributed by atoms with Gasteiger partial charge in [0.2, 0.25) is 0 Å². The van der Waals surface area contributed by atoms with E-state index in [9.17, 15) is 9.59 Å². The van der Waals surface area contributed by atoms with E-state index in [1.807, 2.05) is 21.1 Å². The number of ether oxygens (including phenoxy) is 2. The number of carbonyl (C=O) groups excluding carboxylic acids is 2. The molecule has 0 spiro atoms. The normalized spacial score (nSPS) is 12.2. The Bertz CT molecular complexity index is 424. The SMILES string of the molecule is CCCCCCCCCCOC(=O)C[C@H](C[N+](C)(C)C)OC(=O)CCCCCC.[Cl-]. The highest BCUT2D eigenvalue weighted by Gasteiger charge is 2.25. The van der Waals surface area contributed by atoms with Crippen LogP contribution in [-0.4, -0.2) is 56.8 Å². The van der Waals surface area contributed by atoms with Crippen LogP contribution in [0, 0.1) is 0 Å². The fourth-order valence-corrected chi connectivity index (χ4v) is 3.36. The summed E-state index contributed by atoms with van der Waals surface area (Å²) in [6.07, 6.45) is 14.1. The quantitative estimate of drug-likeness (QED) is 0.173. The Morgan fingerprint density at radius 1 is 0.733 bits per heavy atom. The molecule has 0 saturated heterocycles. The van der Waals surface area contributed by atoms with Crippen molar-refractivity contribution in [3.05, 3.63) is 0 Å². The summed E-state index contributed by atoms with van der Waals surface area (Å²) < 4.78 is 11.6. The van der Waals surface area contributed by atoms with Gasteiger partial charge in [0.1, 0.15) is 6.54 Å². The van der Waals surface area contributed by atoms with Crippen molar-refractivity contribution in [1.82, 2.24) is 0 Å². The van der Waals surface area contributed by atoms with Crippen molar-refractivity contribution < 1.29 is 36.0 Å². The first-order chi connectivity index (χ1) is 13.8. The summed E-state index contributed by atoms with van der Waals surface area (Å²) in [7, 11) is 6.11. The van der Waals surface area contributed by atoms with Crippen LogP contribution >= 0.6 is 0 Å². The Hall–Kier alpha value is -0.810. The summed E-state index contributed by atoms with van der Waals surface area (Å²) in [4.78, 5) is 24.3. The van der Waals surface area contributed by atoms with Crippen molar-refractivity contribution in [2.24, 2.45) is 0 Å². The molecule has 0 unspecified atom stereocenters. The molecule has 0 fully saturated rings. The lowest BCUT2D eigenvalue weighted by Gasteiger charge is -2.28. The monoisotopic (exact) mass is 449 g/mol. The largest absolute Gasteiger partial charge is 1.00 e. The molecular formula is C24H48ClNO4. The molecule has 6 heteroatoms. The zero-order valence-electron chi connectivity index (χ0n) is 20.3. The van der Waals surface area contributed by atoms with Crippen LogP contribution in [0.15, 0.2) is 0 Å². The number of hydrogen-bond donors (Lipinski definition) is 0. The molecule has 0 bridgehead atoms. The zero-order chi connectivity index (χ0) is 22.0. The lowest BCUT2D eigenvalue weighted by Crippen LogP contribution is -3.00. The van der Waals surface area contributed by atoms with E-state index in [2.05, 4.69) is 13.8 Å². The fourth-order valence-electron chi connectivity index (χ4n) is 3.36. The third-order valence-corrected chi connectivity index (χ3v) is 4.94. The Balaban J connectivity index is 0. The van der Waals surface area contributed by atoms with Crippen LogP contribution in [-0.2, 0) is 19.1 Å². The number of rotatable bonds is 19. The highest BCUT2D eigenvalue weighted by Crippen LogP contribution is 2.11. The molecule has 1 atom stereocenters. The van der Waals surface area contributed by atoms with Gasteiger partial charge in [-0.15, -0.1) is 0 Å². The number of nitrogens with zero attached hydrogens (tertiary/aromatic N) is 1. The standard InChI is InChI=1S/C24H48NO4.ClH/c1-6-8-10-12-13-14-15-17-19-28-24(27)20-22(21-25(3,4)5)29-23(26)18-16-11-9-7-2;/h22H,6-21H2,1-5H3;1H/q+1;/p-1/t22-;/m1./s1. The minimum absolute atomic E-state index is 0. The molecule has 0 saturated carbocycles. The maximum atomic E-state index is 12.2. The minimum Gasteiger partial charge on any atom is -1.00 e. The second kappa shape index (κ2) is 20.1. The fraction of sp³-hybridized carbons (Fsp3) is 0.917. The first-order valence-corrected chi connectivity index (χ1v) is 11.9. The Morgan fingerprint density at radius 3 is 1.77 bits per heavy atom. The van der Waals surface area contributed by atoms with Gasteiger partial charge in [-0.25, -0.2) is 0 Å². The molecule has 0 amide bonds. The predicted molar refractivity (Wildman–Crippen MR) is 120 cm³/mol. The molecule has 0 aromatic carbocycles. The number of likely N-dealkylation sites (N-methyl/N-ethyl adjacent to an activating group) is 1. The van der Waals surface area contributed by atoms with Crippen molar-refractivity contribution >= 4 is 11.9 Å². The Labute approximate surface area is 192 Å². The van der Waals surface area contributed by atoms with Crippen molar-refractivity contribution in [3.63, 3.8) is 0 Å². The van der Waals surface area contributed by atoms with Crippen LogP contribution in [0.2, 0.25) is 0 Å². The van der Waals surface area contributed by atoms with Crippen molar-refractivity contribution in [2.75, 3.05) is 34.3 Å². The third kappa shape index (κ3) is 21.9. The molecule has 0 heterocycles. The molecule has 180 valence electrons. The van der Waals surface area contributed by atoms with Crippen molar-refractivity contribution in [2.45, 2.75) is 110 Å². The number of halogens is 1. The molecule has 0 rings (SSSR count). The number of quaternary nitrogens is 1. The molecule has 0 radical (unpaired) electrons. The van der Waals surface area contributed by atoms with Crippen LogP contribution in [0.25, 0.3) is 0 Å². The number of carbonyl (C=O) groups is 2. The molecule has 0 aromatic heterocycles. The molecular weight excluding hydrogens is 402 g/mol. The van der Waals surface area contributed by atoms with Gasteiger partial charge in [-0.1, -0.05) is 78.1 Å². The van der Waals surface area contributed by atoms with Gasteiger partial charge in [-0.05, 0) is 12.8 Å². The van der Waals surface area contributed by atoms with Crippen LogP contribution < -0.4 is 12.4 Å². The second-order valence-electron chi connectivity index (χ2n) is 9.29. The smallest absolute Gasteiger partial charge is 0.309 e. The molecule has 0 N–H and O–H groups in total. The lowest BCUT2D eigenvalue weighted by atomic mass is 10.1. The number of hydrogen-bond acceptors (Lipinski definition) is 4. The van der Waals surface area contributed by atoms with E-state index in [-0.39, 0.29) is 30.8 Å². The van der Waals surface area contributed by atoms with E-state index in [1.54, 1.807) is 0 Å². The summed E-state index contributed by atoms with van der Waals surface area (Å²) in [6.45, 7) is 5.45. The zero-order valence-corrected chi connectivity index (χ0v) is 21.1. The third-order valence-electron chi connectivity index (χ3n) is 4.94. The van der Waals surface area contributed by atoms with E-state index < -0.39 is 6.10 Å². The molecule has 0 aliphatic heterocycles. The predicted octanol–water partition coefficient (Wildman–Crippen LogP) is 2.65. The van der Waals surface area contributed by atoms with E-state index in [0.717, 1.165) is 38.5 Å². The number of unbranched alkanes of at least 4 members (excludes halogenated alkanes) is 10. The second-order valence-corrected chi connectivity index (χ2v) is 9.29. The molecule has 5 nitrogen and oxygen atoms in total. The van der Waals surface area contributed by atoms with Crippen LogP contribution in [0.5, 0.6) is 0 Å². The van der Waals surface area contributed by atoms with Gasteiger partial charge in [0.05, 0.1) is 34.2 Å². The Kier molecular flexibility index (Phi) is 21.0. The average molecular weight is 450 g/mol. The Morgan fingerprint density at radius 2 is 1.23 bits per heavy atom. The van der Waals surface area contributed by atoms with Gasteiger partial charge in [0, 0.05) is 6.42 Å². The van der Waals surface area contributed by atoms with Crippen LogP contribution in [0.3, 0.4) is 0 Å². The minimum atomic E-state index is -0.417. The van der Waals surface area contributed by atoms with Gasteiger partial charge in [-0.2, -0.15) is 0 Å². The van der Waals surface area contributed by atoms with E-state index in [1.165, 1.54) is 38.5 Å². The van der Waals surface area contributed by atoms with Gasteiger partial charge < -0.3 is 26.4 Å². The molecule has 0 aromatic rings. The van der Waals surface area contributed by atoms with E-state index in [0.29, 0.717) is 24.1 Å². The first kappa shape index (κ1) is 31.4. The highest BCUT2D eigenvalue weighted by atomic mass is 35.5. The maximum absolute atomic E-state index is 12.2. The van der Waals surface area contributed by atoms with Crippen LogP contribution in [0.4, 0.5) is 0 Å². The van der Waals surface area contributed by atoms with Gasteiger partial charge in [0.25, 0.3) is 0 Å². The summed E-state index contributed by atoms with van der Waals surface area (Å²) in [6, 6.07) is 0. The molecule has 0 aliphatic carbocycles. The first-order valence-electron chi connectivity index (χ1n) is 11.9.